The van der Waals surface area contributed by atoms with Crippen LogP contribution in [0.15, 0.2) is 42.7 Å². The van der Waals surface area contributed by atoms with Gasteiger partial charge in [0.05, 0.1) is 17.4 Å². The first kappa shape index (κ1) is 20.1. The monoisotopic (exact) mass is 430 g/mol. The van der Waals surface area contributed by atoms with E-state index in [9.17, 15) is 13.6 Å². The number of alkyl halides is 2. The average Bonchev–Trinajstić information content (AvgIpc) is 3.16. The van der Waals surface area contributed by atoms with Crippen LogP contribution in [-0.2, 0) is 0 Å². The Morgan fingerprint density at radius 3 is 3.03 bits per heavy atom. The molecule has 1 fully saturated rings. The van der Waals surface area contributed by atoms with Gasteiger partial charge in [0.15, 0.2) is 5.82 Å². The third kappa shape index (κ3) is 4.54. The predicted molar refractivity (Wildman–Crippen MR) is 112 cm³/mol. The maximum atomic E-state index is 13.7. The van der Waals surface area contributed by atoms with E-state index in [-0.39, 0.29) is 18.5 Å². The van der Waals surface area contributed by atoms with Crippen LogP contribution in [0.2, 0.25) is 0 Å². The van der Waals surface area contributed by atoms with Crippen molar-refractivity contribution in [2.45, 2.75) is 25.7 Å². The van der Waals surface area contributed by atoms with E-state index >= 15 is 0 Å². The molecule has 0 unspecified atom stereocenters. The van der Waals surface area contributed by atoms with Crippen LogP contribution in [0.25, 0.3) is 10.1 Å². The van der Waals surface area contributed by atoms with E-state index in [4.69, 9.17) is 0 Å². The lowest BCUT2D eigenvalue weighted by Crippen LogP contribution is -2.45. The van der Waals surface area contributed by atoms with Crippen LogP contribution in [0.1, 0.15) is 29.0 Å². The minimum Gasteiger partial charge on any atom is -0.337 e. The molecule has 7 nitrogen and oxygen atoms in total. The fourth-order valence-corrected chi connectivity index (χ4v) is 4.04. The van der Waals surface area contributed by atoms with Crippen LogP contribution in [-0.4, -0.2) is 49.4 Å². The largest absolute Gasteiger partial charge is 0.337 e. The van der Waals surface area contributed by atoms with Crippen molar-refractivity contribution in [1.82, 2.24) is 24.5 Å². The van der Waals surface area contributed by atoms with Gasteiger partial charge in [0.2, 0.25) is 0 Å². The smallest absolute Gasteiger partial charge is 0.274 e. The van der Waals surface area contributed by atoms with Crippen molar-refractivity contribution in [3.63, 3.8) is 0 Å². The van der Waals surface area contributed by atoms with Crippen LogP contribution in [0, 0.1) is 6.92 Å². The third-order valence-corrected chi connectivity index (χ3v) is 5.50. The first-order valence-corrected chi connectivity index (χ1v) is 10.2. The third-order valence-electron chi connectivity index (χ3n) is 4.69. The van der Waals surface area contributed by atoms with E-state index in [0.717, 1.165) is 27.6 Å². The van der Waals surface area contributed by atoms with E-state index < -0.39 is 18.4 Å². The topological polar surface area (TPSA) is 86.8 Å². The summed E-state index contributed by atoms with van der Waals surface area (Å²) in [4.78, 5) is 18.1. The molecule has 0 atom stereocenters. The molecule has 10 heteroatoms. The highest BCUT2D eigenvalue weighted by Crippen LogP contribution is 2.31. The van der Waals surface area contributed by atoms with Crippen molar-refractivity contribution >= 4 is 39.0 Å². The van der Waals surface area contributed by atoms with E-state index in [2.05, 4.69) is 24.9 Å². The number of fused-ring (bicyclic) bond motifs is 1. The van der Waals surface area contributed by atoms with Crippen LogP contribution >= 0.6 is 11.5 Å². The number of carbonyl (C=O) groups excluding carboxylic acids is 1. The van der Waals surface area contributed by atoms with Crippen molar-refractivity contribution < 1.29 is 13.6 Å². The molecular weight excluding hydrogens is 410 g/mol. The summed E-state index contributed by atoms with van der Waals surface area (Å²) in [5, 5.41) is 11.0. The number of nitrogens with one attached hydrogen (secondary N) is 2. The van der Waals surface area contributed by atoms with Gasteiger partial charge in [-0.1, -0.05) is 0 Å². The Morgan fingerprint density at radius 1 is 1.33 bits per heavy atom. The molecule has 3 heterocycles. The number of aromatic amines is 1. The van der Waals surface area contributed by atoms with Crippen molar-refractivity contribution in [2.75, 3.05) is 18.4 Å². The lowest BCUT2D eigenvalue weighted by molar-refractivity contribution is -0.0560. The summed E-state index contributed by atoms with van der Waals surface area (Å²) in [5.41, 5.74) is 1.82. The molecule has 30 heavy (non-hydrogen) atoms. The fourth-order valence-electron chi connectivity index (χ4n) is 3.23. The Bertz CT molecular complexity index is 1130. The predicted octanol–water partition coefficient (Wildman–Crippen LogP) is 4.46. The summed E-state index contributed by atoms with van der Waals surface area (Å²) in [6.45, 7) is 1.65. The van der Waals surface area contributed by atoms with Gasteiger partial charge in [-0.3, -0.25) is 14.9 Å². The molecule has 156 valence electrons. The fraction of sp³-hybridized carbons (Fsp3) is 0.300. The normalized spacial score (nSPS) is 15.6. The molecule has 1 aromatic carbocycles. The summed E-state index contributed by atoms with van der Waals surface area (Å²) >= 11 is 1.16. The molecule has 1 amide bonds. The lowest BCUT2D eigenvalue weighted by atomic mass is 10.1. The molecule has 4 rings (SSSR count). The standard InChI is InChI=1S/C20H20F2N6OS/c1-13-4-2-8-23-11-17(26-25-13)24-14-5-6-15-16(10-14)30-27-18(15)19(29)28-9-3-7-20(21,22)12-28/h2,4-6,8,10-11,25H,3,7,9,12H2,1H3,(H,24,26). The number of likely N-dealkylation sites (tertiary alicyclic amines) is 1. The van der Waals surface area contributed by atoms with Crippen LogP contribution < -0.4 is 5.32 Å². The van der Waals surface area contributed by atoms with Gasteiger partial charge in [0, 0.05) is 35.9 Å². The zero-order valence-corrected chi connectivity index (χ0v) is 17.0. The van der Waals surface area contributed by atoms with Crippen molar-refractivity contribution in [3.05, 3.63) is 54.1 Å². The van der Waals surface area contributed by atoms with E-state index in [1.54, 1.807) is 30.6 Å². The Kier molecular flexibility index (Phi) is 5.58. The number of anilines is 2. The Morgan fingerprint density at radius 2 is 2.20 bits per heavy atom. The number of hydrogen-bond acceptors (Lipinski definition) is 6. The second kappa shape index (κ2) is 8.31. The number of amides is 1. The molecule has 0 radical (unpaired) electrons. The number of nitrogens with zero attached hydrogens (tertiary/aromatic N) is 4. The second-order valence-corrected chi connectivity index (χ2v) is 7.94. The molecule has 0 spiro atoms. The van der Waals surface area contributed by atoms with Crippen LogP contribution in [0.5, 0.6) is 0 Å². The molecule has 0 aliphatic carbocycles. The molecule has 1 saturated heterocycles. The number of hydrogen-bond donors (Lipinski definition) is 2. The molecule has 2 N–H and O–H groups in total. The van der Waals surface area contributed by atoms with Gasteiger partial charge in [-0.25, -0.2) is 8.78 Å². The minimum absolute atomic E-state index is 0.184. The van der Waals surface area contributed by atoms with Crippen molar-refractivity contribution in [2.24, 2.45) is 0 Å². The zero-order chi connectivity index (χ0) is 21.1. The highest BCUT2D eigenvalue weighted by atomic mass is 32.1. The Balaban J connectivity index is 1.59. The summed E-state index contributed by atoms with van der Waals surface area (Å²) in [7, 11) is 0. The Hall–Kier alpha value is -3.14. The Labute approximate surface area is 175 Å². The zero-order valence-electron chi connectivity index (χ0n) is 16.2. The quantitative estimate of drug-likeness (QED) is 0.641. The molecule has 1 aliphatic heterocycles. The highest BCUT2D eigenvalue weighted by Gasteiger charge is 2.38. The molecule has 1 aliphatic rings. The van der Waals surface area contributed by atoms with Crippen LogP contribution in [0.3, 0.4) is 0 Å². The van der Waals surface area contributed by atoms with Crippen LogP contribution in [0.4, 0.5) is 20.3 Å². The lowest BCUT2D eigenvalue weighted by Gasteiger charge is -2.32. The summed E-state index contributed by atoms with van der Waals surface area (Å²) in [5.74, 6) is -2.79. The van der Waals surface area contributed by atoms with Gasteiger partial charge in [0.25, 0.3) is 11.8 Å². The summed E-state index contributed by atoms with van der Waals surface area (Å²) in [6, 6.07) is 9.05. The SMILES string of the molecule is Cc1cccncc(Nc2ccc3c(C(=O)N4CCCC(F)(F)C4)nsc3c2)n[nH]1. The number of H-pyrrole nitrogens is 1. The minimum atomic E-state index is -2.84. The molecule has 3 aromatic rings. The van der Waals surface area contributed by atoms with E-state index in [1.807, 2.05) is 19.1 Å². The number of aryl methyl sites for hydroxylation is 1. The van der Waals surface area contributed by atoms with Crippen molar-refractivity contribution in [1.29, 1.82) is 0 Å². The van der Waals surface area contributed by atoms with Gasteiger partial charge in [-0.2, -0.15) is 9.47 Å². The number of rotatable bonds is 3. The van der Waals surface area contributed by atoms with Gasteiger partial charge in [0.1, 0.15) is 5.69 Å². The molecule has 2 aromatic heterocycles. The van der Waals surface area contributed by atoms with Gasteiger partial charge >= 0.3 is 0 Å². The number of halogens is 2. The van der Waals surface area contributed by atoms with E-state index in [1.165, 1.54) is 4.90 Å². The number of carbonyl (C=O) groups is 1. The molecule has 0 bridgehead atoms. The average molecular weight is 430 g/mol. The van der Waals surface area contributed by atoms with Gasteiger partial charge in [-0.15, -0.1) is 0 Å². The summed E-state index contributed by atoms with van der Waals surface area (Å²) in [6.07, 6.45) is 3.34. The first-order valence-electron chi connectivity index (χ1n) is 9.45. The number of piperidine rings is 1. The molecular formula is C20H20F2N6OS. The van der Waals surface area contributed by atoms with Crippen molar-refractivity contribution in [3.8, 4) is 0 Å². The number of benzene rings is 1. The first-order chi connectivity index (χ1) is 14.4. The molecule has 0 saturated carbocycles. The maximum absolute atomic E-state index is 13.7. The van der Waals surface area contributed by atoms with Gasteiger partial charge < -0.3 is 10.2 Å². The maximum Gasteiger partial charge on any atom is 0.274 e. The summed E-state index contributed by atoms with van der Waals surface area (Å²) < 4.78 is 32.4. The van der Waals surface area contributed by atoms with Gasteiger partial charge in [-0.05, 0) is 55.2 Å². The second-order valence-electron chi connectivity index (χ2n) is 7.13. The van der Waals surface area contributed by atoms with E-state index in [0.29, 0.717) is 17.7 Å². The highest BCUT2D eigenvalue weighted by molar-refractivity contribution is 7.13. The number of aromatic nitrogens is 4.